The zero-order chi connectivity index (χ0) is 23.5. The van der Waals surface area contributed by atoms with Crippen LogP contribution in [0.4, 0.5) is 0 Å². The summed E-state index contributed by atoms with van der Waals surface area (Å²) in [5.74, 6) is 0.189. The van der Waals surface area contributed by atoms with Crippen molar-refractivity contribution in [3.8, 4) is 5.75 Å². The Morgan fingerprint density at radius 3 is 1.70 bits per heavy atom. The van der Waals surface area contributed by atoms with Gasteiger partial charge in [-0.05, 0) is 54.5 Å². The number of rotatable bonds is 12. The quantitative estimate of drug-likeness (QED) is 0.266. The molecule has 0 aliphatic carbocycles. The highest BCUT2D eigenvalue weighted by molar-refractivity contribution is 5.69. The molecule has 0 fully saturated rings. The fraction of sp³-hybridized carbons (Fsp3) is 0.321. The van der Waals surface area contributed by atoms with Crippen LogP contribution in [0.25, 0.3) is 0 Å². The second-order valence-corrected chi connectivity index (χ2v) is 8.32. The zero-order valence-electron chi connectivity index (χ0n) is 19.1. The monoisotopic (exact) mass is 447 g/mol. The van der Waals surface area contributed by atoms with Crippen LogP contribution in [0.1, 0.15) is 61.5 Å². The lowest BCUT2D eigenvalue weighted by Crippen LogP contribution is -2.29. The Bertz CT molecular complexity index is 911. The third-order valence-electron chi connectivity index (χ3n) is 5.73. The van der Waals surface area contributed by atoms with Crippen molar-refractivity contribution in [2.45, 2.75) is 57.4 Å². The van der Waals surface area contributed by atoms with Crippen LogP contribution in [0, 0.1) is 0 Å². The van der Waals surface area contributed by atoms with Gasteiger partial charge in [0.25, 0.3) is 0 Å². The van der Waals surface area contributed by atoms with Gasteiger partial charge in [-0.1, -0.05) is 72.8 Å². The zero-order valence-corrected chi connectivity index (χ0v) is 19.1. The van der Waals surface area contributed by atoms with Crippen molar-refractivity contribution < 1.29 is 19.7 Å². The molecule has 0 bridgehead atoms. The van der Waals surface area contributed by atoms with Crippen molar-refractivity contribution in [2.75, 3.05) is 0 Å². The molecule has 0 unspecified atom stereocenters. The number of hydrogen-bond acceptors (Lipinski definition) is 5. The number of esters is 1. The van der Waals surface area contributed by atoms with E-state index in [-0.39, 0.29) is 12.0 Å². The topological polar surface area (TPSA) is 78.8 Å². The minimum Gasteiger partial charge on any atom is -0.427 e. The van der Waals surface area contributed by atoms with Crippen molar-refractivity contribution in [1.29, 1.82) is 0 Å². The van der Waals surface area contributed by atoms with E-state index in [0.29, 0.717) is 25.1 Å². The molecule has 0 heterocycles. The van der Waals surface area contributed by atoms with Crippen LogP contribution in [-0.2, 0) is 11.3 Å². The summed E-state index contributed by atoms with van der Waals surface area (Å²) in [5, 5.41) is 24.8. The summed E-state index contributed by atoms with van der Waals surface area (Å²) in [6, 6.07) is 27.0. The second kappa shape index (κ2) is 12.9. The SMILES string of the molecule is CC(=O)Oc1ccc(CNC(CC[C@@H](O)c2ccccc2)CC[C@@H](O)c2ccccc2)cc1. The van der Waals surface area contributed by atoms with Crippen LogP contribution in [0.5, 0.6) is 5.75 Å². The number of hydrogen-bond donors (Lipinski definition) is 3. The third-order valence-corrected chi connectivity index (χ3v) is 5.73. The molecule has 5 nitrogen and oxygen atoms in total. The molecule has 0 aromatic heterocycles. The van der Waals surface area contributed by atoms with E-state index in [4.69, 9.17) is 4.74 Å². The minimum absolute atomic E-state index is 0.134. The lowest BCUT2D eigenvalue weighted by molar-refractivity contribution is -0.131. The molecule has 0 saturated carbocycles. The van der Waals surface area contributed by atoms with Gasteiger partial charge in [0.2, 0.25) is 0 Å². The Balaban J connectivity index is 1.58. The van der Waals surface area contributed by atoms with Crippen LogP contribution in [-0.4, -0.2) is 22.2 Å². The Labute approximate surface area is 196 Å². The van der Waals surface area contributed by atoms with Gasteiger partial charge in [0.1, 0.15) is 5.75 Å². The Kier molecular flexibility index (Phi) is 9.63. The van der Waals surface area contributed by atoms with Gasteiger partial charge in [0, 0.05) is 19.5 Å². The lowest BCUT2D eigenvalue weighted by atomic mass is 9.96. The van der Waals surface area contributed by atoms with E-state index in [2.05, 4.69) is 5.32 Å². The van der Waals surface area contributed by atoms with Crippen molar-refractivity contribution in [3.63, 3.8) is 0 Å². The Hall–Kier alpha value is -2.99. The number of benzene rings is 3. The van der Waals surface area contributed by atoms with Crippen LogP contribution in [0.2, 0.25) is 0 Å². The number of aliphatic hydroxyl groups excluding tert-OH is 2. The van der Waals surface area contributed by atoms with Crippen LogP contribution >= 0.6 is 0 Å². The molecular formula is C28H33NO4. The first kappa shape index (κ1) is 24.6. The van der Waals surface area contributed by atoms with Gasteiger partial charge in [-0.25, -0.2) is 0 Å². The van der Waals surface area contributed by atoms with E-state index in [1.807, 2.05) is 72.8 Å². The molecule has 0 aliphatic heterocycles. The minimum atomic E-state index is -0.516. The molecule has 0 aliphatic rings. The highest BCUT2D eigenvalue weighted by Gasteiger charge is 2.16. The summed E-state index contributed by atoms with van der Waals surface area (Å²) < 4.78 is 5.09. The first-order chi connectivity index (χ1) is 16.0. The predicted octanol–water partition coefficient (Wildman–Crippen LogP) is 5.10. The lowest BCUT2D eigenvalue weighted by Gasteiger charge is -2.22. The predicted molar refractivity (Wildman–Crippen MR) is 130 cm³/mol. The van der Waals surface area contributed by atoms with Gasteiger partial charge in [-0.2, -0.15) is 0 Å². The van der Waals surface area contributed by atoms with Gasteiger partial charge in [0.15, 0.2) is 0 Å². The van der Waals surface area contributed by atoms with Gasteiger partial charge in [0.05, 0.1) is 12.2 Å². The summed E-state index contributed by atoms with van der Waals surface area (Å²) in [4.78, 5) is 11.1. The first-order valence-corrected chi connectivity index (χ1v) is 11.5. The summed E-state index contributed by atoms with van der Waals surface area (Å²) >= 11 is 0. The fourth-order valence-corrected chi connectivity index (χ4v) is 3.85. The molecule has 3 aromatic rings. The molecule has 3 rings (SSSR count). The average Bonchev–Trinajstić information content (AvgIpc) is 2.84. The standard InChI is InChI=1S/C28H33NO4/c1-21(30)33-26-16-12-22(13-17-26)20-29-25(14-18-27(31)23-8-4-2-5-9-23)15-19-28(32)24-10-6-3-7-11-24/h2-13,16-17,25,27-29,31-32H,14-15,18-20H2,1H3/t27-,28-/m1/s1. The summed E-state index contributed by atoms with van der Waals surface area (Å²) in [5.41, 5.74) is 2.91. The second-order valence-electron chi connectivity index (χ2n) is 8.32. The van der Waals surface area contributed by atoms with E-state index >= 15 is 0 Å². The van der Waals surface area contributed by atoms with Gasteiger partial charge >= 0.3 is 5.97 Å². The molecule has 3 aromatic carbocycles. The maximum absolute atomic E-state index is 11.1. The number of nitrogens with one attached hydrogen (secondary N) is 1. The van der Waals surface area contributed by atoms with Crippen molar-refractivity contribution in [3.05, 3.63) is 102 Å². The molecule has 5 heteroatoms. The van der Waals surface area contributed by atoms with E-state index in [1.165, 1.54) is 6.92 Å². The Morgan fingerprint density at radius 2 is 1.24 bits per heavy atom. The highest BCUT2D eigenvalue weighted by atomic mass is 16.5. The van der Waals surface area contributed by atoms with Crippen LogP contribution in [0.3, 0.4) is 0 Å². The average molecular weight is 448 g/mol. The normalized spacial score (nSPS) is 13.0. The first-order valence-electron chi connectivity index (χ1n) is 11.5. The van der Waals surface area contributed by atoms with Gasteiger partial charge < -0.3 is 20.3 Å². The molecule has 33 heavy (non-hydrogen) atoms. The van der Waals surface area contributed by atoms with Crippen LogP contribution in [0.15, 0.2) is 84.9 Å². The molecule has 0 radical (unpaired) electrons. The molecule has 3 N–H and O–H groups in total. The van der Waals surface area contributed by atoms with Gasteiger partial charge in [-0.3, -0.25) is 4.79 Å². The molecule has 0 amide bonds. The number of aliphatic hydroxyl groups is 2. The van der Waals surface area contributed by atoms with E-state index < -0.39 is 12.2 Å². The Morgan fingerprint density at radius 1 is 0.758 bits per heavy atom. The number of carbonyl (C=O) groups is 1. The smallest absolute Gasteiger partial charge is 0.308 e. The van der Waals surface area contributed by atoms with E-state index in [1.54, 1.807) is 12.1 Å². The largest absolute Gasteiger partial charge is 0.427 e. The third kappa shape index (κ3) is 8.46. The summed E-state index contributed by atoms with van der Waals surface area (Å²) in [6.07, 6.45) is 1.80. The molecular weight excluding hydrogens is 414 g/mol. The van der Waals surface area contributed by atoms with Gasteiger partial charge in [-0.15, -0.1) is 0 Å². The maximum Gasteiger partial charge on any atom is 0.308 e. The van der Waals surface area contributed by atoms with E-state index in [9.17, 15) is 15.0 Å². The maximum atomic E-state index is 11.1. The van der Waals surface area contributed by atoms with Crippen LogP contribution < -0.4 is 10.1 Å². The molecule has 2 atom stereocenters. The fourth-order valence-electron chi connectivity index (χ4n) is 3.85. The van der Waals surface area contributed by atoms with Crippen molar-refractivity contribution in [1.82, 2.24) is 5.32 Å². The highest BCUT2D eigenvalue weighted by Crippen LogP contribution is 2.24. The number of carbonyl (C=O) groups excluding carboxylic acids is 1. The summed E-state index contributed by atoms with van der Waals surface area (Å²) in [6.45, 7) is 2.03. The molecule has 0 saturated heterocycles. The summed E-state index contributed by atoms with van der Waals surface area (Å²) in [7, 11) is 0. The van der Waals surface area contributed by atoms with E-state index in [0.717, 1.165) is 29.5 Å². The van der Waals surface area contributed by atoms with Crippen molar-refractivity contribution in [2.24, 2.45) is 0 Å². The van der Waals surface area contributed by atoms with Crippen molar-refractivity contribution >= 4 is 5.97 Å². The molecule has 0 spiro atoms. The number of ether oxygens (including phenoxy) is 1. The molecule has 174 valence electrons.